The molecule has 17 heavy (non-hydrogen) atoms. The minimum atomic E-state index is -0.404. The first kappa shape index (κ1) is 11.7. The Morgan fingerprint density at radius 2 is 2.00 bits per heavy atom. The van der Waals surface area contributed by atoms with Crippen molar-refractivity contribution in [3.8, 4) is 5.75 Å². The number of benzene rings is 1. The molecule has 5 heteroatoms. The standard InChI is InChI=1S/C12H10FNO2S/c13-8-1-3-10(4-2-8)17-7-9-5-11(15)12(16)6-14-9/h1-6,16H,7H2,(H,14,15). The van der Waals surface area contributed by atoms with Crippen LogP contribution >= 0.6 is 11.8 Å². The lowest BCUT2D eigenvalue weighted by molar-refractivity contribution is 0.467. The molecule has 0 aliphatic carbocycles. The largest absolute Gasteiger partial charge is 0.503 e. The van der Waals surface area contributed by atoms with Crippen LogP contribution in [0.3, 0.4) is 0 Å². The minimum Gasteiger partial charge on any atom is -0.503 e. The second-order valence-corrected chi connectivity index (χ2v) is 4.50. The van der Waals surface area contributed by atoms with Gasteiger partial charge in [0.1, 0.15) is 5.82 Å². The van der Waals surface area contributed by atoms with Gasteiger partial charge in [0.25, 0.3) is 0 Å². The summed E-state index contributed by atoms with van der Waals surface area (Å²) in [7, 11) is 0. The van der Waals surface area contributed by atoms with Crippen molar-refractivity contribution in [2.24, 2.45) is 0 Å². The van der Waals surface area contributed by atoms with Gasteiger partial charge in [-0.1, -0.05) is 0 Å². The average Bonchev–Trinajstić information content (AvgIpc) is 2.33. The van der Waals surface area contributed by atoms with Crippen LogP contribution in [0.4, 0.5) is 4.39 Å². The molecule has 0 atom stereocenters. The summed E-state index contributed by atoms with van der Waals surface area (Å²) in [5, 5.41) is 9.07. The van der Waals surface area contributed by atoms with Gasteiger partial charge in [0, 0.05) is 28.6 Å². The fraction of sp³-hybridized carbons (Fsp3) is 0.0833. The zero-order valence-electron chi connectivity index (χ0n) is 8.81. The highest BCUT2D eigenvalue weighted by Gasteiger charge is 2.00. The summed E-state index contributed by atoms with van der Waals surface area (Å²) < 4.78 is 12.7. The molecule has 1 heterocycles. The first-order valence-corrected chi connectivity index (χ1v) is 5.92. The Balaban J connectivity index is 2.04. The summed E-state index contributed by atoms with van der Waals surface area (Å²) in [6.45, 7) is 0. The van der Waals surface area contributed by atoms with Gasteiger partial charge in [0.2, 0.25) is 5.43 Å². The quantitative estimate of drug-likeness (QED) is 0.824. The molecule has 2 N–H and O–H groups in total. The van der Waals surface area contributed by atoms with Crippen molar-refractivity contribution in [1.82, 2.24) is 4.98 Å². The lowest BCUT2D eigenvalue weighted by Gasteiger charge is -2.02. The SMILES string of the molecule is O=c1cc(CSc2ccc(F)cc2)[nH]cc1O. The molecule has 0 fully saturated rings. The van der Waals surface area contributed by atoms with E-state index >= 15 is 0 Å². The highest BCUT2D eigenvalue weighted by molar-refractivity contribution is 7.98. The highest BCUT2D eigenvalue weighted by Crippen LogP contribution is 2.21. The number of hydrogen-bond donors (Lipinski definition) is 2. The molecule has 0 radical (unpaired) electrons. The Morgan fingerprint density at radius 3 is 2.65 bits per heavy atom. The van der Waals surface area contributed by atoms with Crippen molar-refractivity contribution in [2.45, 2.75) is 10.6 Å². The average molecular weight is 251 g/mol. The van der Waals surface area contributed by atoms with Gasteiger partial charge >= 0.3 is 0 Å². The van der Waals surface area contributed by atoms with E-state index < -0.39 is 5.43 Å². The second-order valence-electron chi connectivity index (χ2n) is 3.45. The normalized spacial score (nSPS) is 10.4. The van der Waals surface area contributed by atoms with Crippen LogP contribution in [0.1, 0.15) is 5.69 Å². The number of H-pyrrole nitrogens is 1. The van der Waals surface area contributed by atoms with Crippen LogP contribution in [0.5, 0.6) is 5.75 Å². The van der Waals surface area contributed by atoms with E-state index in [1.807, 2.05) is 0 Å². The maximum absolute atomic E-state index is 12.7. The summed E-state index contributed by atoms with van der Waals surface area (Å²) >= 11 is 1.48. The first-order valence-electron chi connectivity index (χ1n) is 4.94. The van der Waals surface area contributed by atoms with Gasteiger partial charge in [0.05, 0.1) is 0 Å². The summed E-state index contributed by atoms with van der Waals surface area (Å²) in [4.78, 5) is 14.9. The van der Waals surface area contributed by atoms with Crippen LogP contribution in [0.2, 0.25) is 0 Å². The third-order valence-corrected chi connectivity index (χ3v) is 3.22. The Bertz CT molecular complexity index is 565. The zero-order chi connectivity index (χ0) is 12.3. The van der Waals surface area contributed by atoms with E-state index in [0.29, 0.717) is 11.4 Å². The number of aromatic amines is 1. The Hall–Kier alpha value is -1.75. The molecule has 1 aromatic heterocycles. The smallest absolute Gasteiger partial charge is 0.223 e. The lowest BCUT2D eigenvalue weighted by Crippen LogP contribution is -2.01. The number of pyridine rings is 1. The number of thioether (sulfide) groups is 1. The van der Waals surface area contributed by atoms with E-state index in [4.69, 9.17) is 5.11 Å². The predicted molar refractivity (Wildman–Crippen MR) is 64.7 cm³/mol. The third-order valence-electron chi connectivity index (χ3n) is 2.16. The summed E-state index contributed by atoms with van der Waals surface area (Å²) in [6, 6.07) is 7.49. The predicted octanol–water partition coefficient (Wildman–Crippen LogP) is 2.51. The first-order chi connectivity index (χ1) is 8.15. The molecule has 0 saturated carbocycles. The Kier molecular flexibility index (Phi) is 3.49. The molecule has 0 aliphatic heterocycles. The van der Waals surface area contributed by atoms with Gasteiger partial charge in [-0.15, -0.1) is 11.8 Å². The van der Waals surface area contributed by atoms with Crippen LogP contribution in [0.15, 0.2) is 46.2 Å². The van der Waals surface area contributed by atoms with Crippen molar-refractivity contribution in [2.75, 3.05) is 0 Å². The number of rotatable bonds is 3. The number of aromatic nitrogens is 1. The van der Waals surface area contributed by atoms with Crippen LogP contribution < -0.4 is 5.43 Å². The molecule has 2 rings (SSSR count). The van der Waals surface area contributed by atoms with Gasteiger partial charge in [-0.05, 0) is 24.3 Å². The van der Waals surface area contributed by atoms with Gasteiger partial charge in [-0.2, -0.15) is 0 Å². The number of halogens is 1. The van der Waals surface area contributed by atoms with E-state index in [1.54, 1.807) is 12.1 Å². The van der Waals surface area contributed by atoms with Crippen LogP contribution in [0.25, 0.3) is 0 Å². The van der Waals surface area contributed by atoms with Gasteiger partial charge < -0.3 is 10.1 Å². The van der Waals surface area contributed by atoms with Crippen LogP contribution in [-0.4, -0.2) is 10.1 Å². The molecule has 1 aromatic carbocycles. The molecule has 0 bridgehead atoms. The Morgan fingerprint density at radius 1 is 1.29 bits per heavy atom. The molecule has 0 spiro atoms. The van der Waals surface area contributed by atoms with Crippen LogP contribution in [0, 0.1) is 5.82 Å². The topological polar surface area (TPSA) is 53.1 Å². The molecule has 88 valence electrons. The fourth-order valence-electron chi connectivity index (χ4n) is 1.28. The van der Waals surface area contributed by atoms with E-state index in [2.05, 4.69) is 4.98 Å². The summed E-state index contributed by atoms with van der Waals surface area (Å²) in [5.41, 5.74) is 0.306. The second kappa shape index (κ2) is 5.05. The van der Waals surface area contributed by atoms with Crippen molar-refractivity contribution >= 4 is 11.8 Å². The number of nitrogens with one attached hydrogen (secondary N) is 1. The van der Waals surface area contributed by atoms with Crippen LogP contribution in [-0.2, 0) is 5.75 Å². The monoisotopic (exact) mass is 251 g/mol. The maximum atomic E-state index is 12.7. The van der Waals surface area contributed by atoms with Crippen molar-refractivity contribution in [3.05, 3.63) is 58.3 Å². The number of hydrogen-bond acceptors (Lipinski definition) is 3. The maximum Gasteiger partial charge on any atom is 0.223 e. The number of aromatic hydroxyl groups is 1. The van der Waals surface area contributed by atoms with Gasteiger partial charge in [-0.3, -0.25) is 4.79 Å². The Labute approximate surface area is 101 Å². The van der Waals surface area contributed by atoms with Crippen molar-refractivity contribution in [1.29, 1.82) is 0 Å². The molecule has 0 aliphatic rings. The van der Waals surface area contributed by atoms with E-state index in [0.717, 1.165) is 4.90 Å². The van der Waals surface area contributed by atoms with Crippen molar-refractivity contribution in [3.63, 3.8) is 0 Å². The van der Waals surface area contributed by atoms with E-state index in [-0.39, 0.29) is 11.6 Å². The van der Waals surface area contributed by atoms with Gasteiger partial charge in [-0.25, -0.2) is 4.39 Å². The van der Waals surface area contributed by atoms with Gasteiger partial charge in [0.15, 0.2) is 5.75 Å². The molecule has 3 nitrogen and oxygen atoms in total. The minimum absolute atomic E-state index is 0.271. The lowest BCUT2D eigenvalue weighted by atomic mass is 10.3. The molecular weight excluding hydrogens is 241 g/mol. The highest BCUT2D eigenvalue weighted by atomic mass is 32.2. The summed E-state index contributed by atoms with van der Waals surface area (Å²) in [6.07, 6.45) is 1.27. The molecule has 0 unspecified atom stereocenters. The third kappa shape index (κ3) is 3.10. The van der Waals surface area contributed by atoms with E-state index in [1.165, 1.54) is 36.2 Å². The summed E-state index contributed by atoms with van der Waals surface area (Å²) in [5.74, 6) is -0.00541. The molecular formula is C12H10FNO2S. The molecule has 0 amide bonds. The van der Waals surface area contributed by atoms with Crippen molar-refractivity contribution < 1.29 is 9.50 Å². The molecule has 2 aromatic rings. The fourth-order valence-corrected chi connectivity index (χ4v) is 2.10. The van der Waals surface area contributed by atoms with E-state index in [9.17, 15) is 9.18 Å². The zero-order valence-corrected chi connectivity index (χ0v) is 9.63. The molecule has 0 saturated heterocycles.